The number of fused-ring (bicyclic) bond motifs is 2. The Bertz CT molecular complexity index is 1060. The van der Waals surface area contributed by atoms with Crippen molar-refractivity contribution < 1.29 is 9.90 Å². The zero-order valence-corrected chi connectivity index (χ0v) is 18.5. The quantitative estimate of drug-likeness (QED) is 0.660. The van der Waals surface area contributed by atoms with Crippen LogP contribution < -0.4 is 0 Å². The molecule has 1 heterocycles. The molecule has 3 nitrogen and oxygen atoms in total. The minimum absolute atomic E-state index is 0.167. The summed E-state index contributed by atoms with van der Waals surface area (Å²) in [7, 11) is 0. The fourth-order valence-corrected chi connectivity index (χ4v) is 6.03. The second-order valence-corrected chi connectivity index (χ2v) is 10.9. The molecule has 1 aromatic heterocycles. The molecule has 5 rings (SSSR count). The van der Waals surface area contributed by atoms with Gasteiger partial charge in [0.25, 0.3) is 0 Å². The van der Waals surface area contributed by atoms with Crippen LogP contribution in [-0.2, 0) is 16.2 Å². The van der Waals surface area contributed by atoms with Gasteiger partial charge in [-0.3, -0.25) is 4.98 Å². The van der Waals surface area contributed by atoms with Gasteiger partial charge in [0.1, 0.15) is 0 Å². The van der Waals surface area contributed by atoms with E-state index in [0.29, 0.717) is 0 Å². The normalized spacial score (nSPS) is 29.3. The first kappa shape index (κ1) is 19.5. The van der Waals surface area contributed by atoms with Gasteiger partial charge in [0.2, 0.25) is 0 Å². The van der Waals surface area contributed by atoms with Crippen LogP contribution in [0.25, 0.3) is 6.08 Å². The molecule has 30 heavy (non-hydrogen) atoms. The third kappa shape index (κ3) is 2.85. The molecule has 0 saturated heterocycles. The summed E-state index contributed by atoms with van der Waals surface area (Å²) >= 11 is 0. The van der Waals surface area contributed by atoms with Crippen molar-refractivity contribution in [3.63, 3.8) is 0 Å². The average molecular weight is 402 g/mol. The van der Waals surface area contributed by atoms with Crippen LogP contribution in [0.15, 0.2) is 42.1 Å². The first-order valence-electron chi connectivity index (χ1n) is 11.2. The van der Waals surface area contributed by atoms with Crippen LogP contribution in [0.3, 0.4) is 0 Å². The minimum Gasteiger partial charge on any atom is -0.478 e. The highest BCUT2D eigenvalue weighted by atomic mass is 16.4. The molecule has 2 saturated carbocycles. The highest BCUT2D eigenvalue weighted by Crippen LogP contribution is 2.67. The van der Waals surface area contributed by atoms with Crippen molar-refractivity contribution in [3.8, 4) is 0 Å². The fraction of sp³-hybridized carbons (Fsp3) is 0.481. The van der Waals surface area contributed by atoms with Crippen molar-refractivity contribution >= 4 is 12.0 Å². The van der Waals surface area contributed by atoms with E-state index in [-0.39, 0.29) is 21.8 Å². The summed E-state index contributed by atoms with van der Waals surface area (Å²) in [6.07, 6.45) is 9.73. The molecule has 0 amide bonds. The number of rotatable bonds is 3. The molecule has 2 atom stereocenters. The summed E-state index contributed by atoms with van der Waals surface area (Å²) < 4.78 is 0. The van der Waals surface area contributed by atoms with Crippen molar-refractivity contribution in [1.29, 1.82) is 0 Å². The lowest BCUT2D eigenvalue weighted by atomic mass is 9.62. The number of hydrogen-bond acceptors (Lipinski definition) is 2. The van der Waals surface area contributed by atoms with E-state index >= 15 is 0 Å². The Morgan fingerprint density at radius 2 is 1.80 bits per heavy atom. The zero-order valence-electron chi connectivity index (χ0n) is 18.5. The van der Waals surface area contributed by atoms with Gasteiger partial charge in [0.05, 0.1) is 11.3 Å². The van der Waals surface area contributed by atoms with Crippen molar-refractivity contribution in [2.24, 2.45) is 5.92 Å². The van der Waals surface area contributed by atoms with Crippen molar-refractivity contribution in [3.05, 3.63) is 70.0 Å². The van der Waals surface area contributed by atoms with Gasteiger partial charge in [-0.25, -0.2) is 4.79 Å². The summed E-state index contributed by atoms with van der Waals surface area (Å²) in [6.45, 7) is 9.55. The number of pyridine rings is 1. The van der Waals surface area contributed by atoms with E-state index in [1.807, 2.05) is 6.07 Å². The largest absolute Gasteiger partial charge is 0.478 e. The molecule has 1 aromatic carbocycles. The summed E-state index contributed by atoms with van der Waals surface area (Å²) in [5, 5.41) is 9.12. The number of carboxylic acid groups (broad SMARTS) is 1. The van der Waals surface area contributed by atoms with Gasteiger partial charge < -0.3 is 5.11 Å². The number of carboxylic acids is 1. The summed E-state index contributed by atoms with van der Waals surface area (Å²) in [5.41, 5.74) is 7.73. The van der Waals surface area contributed by atoms with Gasteiger partial charge in [-0.05, 0) is 83.8 Å². The number of aromatic carboxylic acids is 1. The molecule has 3 heteroatoms. The molecule has 0 radical (unpaired) electrons. The summed E-state index contributed by atoms with van der Waals surface area (Å²) in [5.74, 6) is -0.194. The molecule has 2 fully saturated rings. The maximum atomic E-state index is 11.1. The third-order valence-corrected chi connectivity index (χ3v) is 8.16. The third-order valence-electron chi connectivity index (χ3n) is 8.16. The summed E-state index contributed by atoms with van der Waals surface area (Å²) in [6, 6.07) is 10.8. The molecule has 3 aliphatic carbocycles. The van der Waals surface area contributed by atoms with Gasteiger partial charge >= 0.3 is 5.97 Å². The zero-order chi connectivity index (χ0) is 21.3. The van der Waals surface area contributed by atoms with Crippen LogP contribution >= 0.6 is 0 Å². The fourth-order valence-electron chi connectivity index (χ4n) is 6.03. The Morgan fingerprint density at radius 3 is 2.43 bits per heavy atom. The van der Waals surface area contributed by atoms with Gasteiger partial charge in [-0.15, -0.1) is 0 Å². The van der Waals surface area contributed by atoms with Crippen LogP contribution in [0.4, 0.5) is 0 Å². The molecule has 156 valence electrons. The smallest absolute Gasteiger partial charge is 0.337 e. The second-order valence-electron chi connectivity index (χ2n) is 10.9. The minimum atomic E-state index is -0.930. The van der Waals surface area contributed by atoms with E-state index in [1.165, 1.54) is 54.1 Å². The number of hydrogen-bond donors (Lipinski definition) is 1. The van der Waals surface area contributed by atoms with Gasteiger partial charge in [0.15, 0.2) is 0 Å². The lowest BCUT2D eigenvalue weighted by molar-refractivity contribution is 0.0696. The highest BCUT2D eigenvalue weighted by Gasteiger charge is 2.61. The topological polar surface area (TPSA) is 50.2 Å². The Hall–Kier alpha value is -2.42. The van der Waals surface area contributed by atoms with Crippen LogP contribution in [0, 0.1) is 5.92 Å². The van der Waals surface area contributed by atoms with Crippen molar-refractivity contribution in [1.82, 2.24) is 4.98 Å². The maximum absolute atomic E-state index is 11.1. The molecule has 2 unspecified atom stereocenters. The van der Waals surface area contributed by atoms with Crippen molar-refractivity contribution in [2.75, 3.05) is 0 Å². The predicted octanol–water partition coefficient (Wildman–Crippen LogP) is 6.26. The Balaban J connectivity index is 1.55. The molecule has 3 aliphatic rings. The van der Waals surface area contributed by atoms with E-state index in [4.69, 9.17) is 5.11 Å². The highest BCUT2D eigenvalue weighted by molar-refractivity contribution is 5.87. The molecule has 0 aliphatic heterocycles. The average Bonchev–Trinajstić information content (AvgIpc) is 3.35. The predicted molar refractivity (Wildman–Crippen MR) is 120 cm³/mol. The summed E-state index contributed by atoms with van der Waals surface area (Å²) in [4.78, 5) is 15.5. The van der Waals surface area contributed by atoms with Crippen LogP contribution in [0.5, 0.6) is 0 Å². The number of carbonyl (C=O) groups is 1. The first-order chi connectivity index (χ1) is 14.1. The van der Waals surface area contributed by atoms with Gasteiger partial charge in [-0.1, -0.05) is 51.5 Å². The molecular weight excluding hydrogens is 370 g/mol. The monoisotopic (exact) mass is 401 g/mol. The van der Waals surface area contributed by atoms with Crippen LogP contribution in [0.1, 0.15) is 92.5 Å². The van der Waals surface area contributed by atoms with Crippen LogP contribution in [-0.4, -0.2) is 16.1 Å². The number of aromatic nitrogens is 1. The number of benzene rings is 1. The Labute approximate surface area is 179 Å². The molecule has 1 N–H and O–H groups in total. The van der Waals surface area contributed by atoms with E-state index < -0.39 is 5.97 Å². The number of allylic oxidation sites excluding steroid dienone is 1. The van der Waals surface area contributed by atoms with Gasteiger partial charge in [0, 0.05) is 11.6 Å². The standard InChI is InChI=1S/C27H31NO2/c1-25(2)11-12-26(3,4)23-14-19(8-10-22(23)25)27-15-20(27)7-6-18(27)13-21-9-5-17(16-28-21)24(29)30/h5,8-10,13-14,16,20H,6-7,11-12,15H2,1-4H3,(H,29,30). The second kappa shape index (κ2) is 6.29. The molecular formula is C27H31NO2. The lowest BCUT2D eigenvalue weighted by Gasteiger charge is -2.42. The lowest BCUT2D eigenvalue weighted by Crippen LogP contribution is -2.34. The first-order valence-corrected chi connectivity index (χ1v) is 11.2. The number of nitrogens with zero attached hydrogens (tertiary/aromatic N) is 1. The SMILES string of the molecule is CC1(C)CCC(C)(C)c2cc(C34CC3CCC4=Cc3ccc(C(=O)O)cn3)ccc21. The Kier molecular flexibility index (Phi) is 4.10. The molecule has 0 bridgehead atoms. The Morgan fingerprint density at radius 1 is 1.07 bits per heavy atom. The van der Waals surface area contributed by atoms with Gasteiger partial charge in [-0.2, -0.15) is 0 Å². The van der Waals surface area contributed by atoms with Crippen molar-refractivity contribution in [2.45, 2.75) is 76.0 Å². The molecule has 2 aromatic rings. The van der Waals surface area contributed by atoms with E-state index in [1.54, 1.807) is 6.07 Å². The van der Waals surface area contributed by atoms with Crippen LogP contribution in [0.2, 0.25) is 0 Å². The maximum Gasteiger partial charge on any atom is 0.337 e. The van der Waals surface area contributed by atoms with E-state index in [2.05, 4.69) is 57.0 Å². The van der Waals surface area contributed by atoms with E-state index in [9.17, 15) is 4.79 Å². The van der Waals surface area contributed by atoms with E-state index in [0.717, 1.165) is 18.0 Å². The molecule has 0 spiro atoms.